The Bertz CT molecular complexity index is 880. The summed E-state index contributed by atoms with van der Waals surface area (Å²) in [4.78, 5) is 9.68. The standard InChI is InChI=1S/C24H24N2O/c1-17(2)22-16-27-24(26-22)21-15-9-14-20(25-21)23(18-10-5-3-6-11-18)19-12-7-4-8-13-19/h3-15,17,22-23H,16H2,1-2H3. The van der Waals surface area contributed by atoms with Gasteiger partial charge in [0.15, 0.2) is 0 Å². The average molecular weight is 356 g/mol. The fraction of sp³-hybridized carbons (Fsp3) is 0.250. The third kappa shape index (κ3) is 3.77. The van der Waals surface area contributed by atoms with Crippen molar-refractivity contribution in [3.05, 3.63) is 101 Å². The summed E-state index contributed by atoms with van der Waals surface area (Å²) in [6.45, 7) is 4.98. The molecule has 1 unspecified atom stereocenters. The summed E-state index contributed by atoms with van der Waals surface area (Å²) in [6.07, 6.45) is 0. The van der Waals surface area contributed by atoms with Crippen LogP contribution < -0.4 is 0 Å². The Kier molecular flexibility index (Phi) is 5.01. The van der Waals surface area contributed by atoms with Crippen LogP contribution in [-0.4, -0.2) is 23.5 Å². The van der Waals surface area contributed by atoms with Crippen LogP contribution in [0, 0.1) is 5.92 Å². The zero-order chi connectivity index (χ0) is 18.6. The van der Waals surface area contributed by atoms with Crippen molar-refractivity contribution in [2.24, 2.45) is 10.9 Å². The molecule has 0 radical (unpaired) electrons. The van der Waals surface area contributed by atoms with Gasteiger partial charge in [-0.05, 0) is 29.2 Å². The van der Waals surface area contributed by atoms with E-state index in [2.05, 4.69) is 68.4 Å². The topological polar surface area (TPSA) is 34.5 Å². The maximum absolute atomic E-state index is 5.85. The van der Waals surface area contributed by atoms with Crippen molar-refractivity contribution in [3.8, 4) is 0 Å². The van der Waals surface area contributed by atoms with Gasteiger partial charge < -0.3 is 4.74 Å². The SMILES string of the molecule is CC(C)C1COC(c2cccc(C(c3ccccc3)c3ccccc3)n2)=N1. The minimum Gasteiger partial charge on any atom is -0.474 e. The lowest BCUT2D eigenvalue weighted by Gasteiger charge is -2.18. The van der Waals surface area contributed by atoms with E-state index >= 15 is 0 Å². The molecule has 0 saturated heterocycles. The first kappa shape index (κ1) is 17.5. The molecule has 1 aliphatic heterocycles. The Morgan fingerprint density at radius 1 is 0.815 bits per heavy atom. The number of hydrogen-bond donors (Lipinski definition) is 0. The molecule has 1 atom stereocenters. The monoisotopic (exact) mass is 356 g/mol. The van der Waals surface area contributed by atoms with Crippen LogP contribution in [0.1, 0.15) is 42.3 Å². The van der Waals surface area contributed by atoms with Gasteiger partial charge in [-0.2, -0.15) is 0 Å². The van der Waals surface area contributed by atoms with Gasteiger partial charge in [0, 0.05) is 0 Å². The van der Waals surface area contributed by atoms with Crippen LogP contribution in [0.3, 0.4) is 0 Å². The van der Waals surface area contributed by atoms with E-state index < -0.39 is 0 Å². The summed E-state index contributed by atoms with van der Waals surface area (Å²) in [5.74, 6) is 1.21. The number of nitrogens with zero attached hydrogens (tertiary/aromatic N) is 2. The first-order valence-electron chi connectivity index (χ1n) is 9.50. The summed E-state index contributed by atoms with van der Waals surface area (Å²) in [5.41, 5.74) is 4.27. The van der Waals surface area contributed by atoms with E-state index in [1.165, 1.54) is 11.1 Å². The Hall–Kier alpha value is -2.94. The molecule has 2 heterocycles. The number of pyridine rings is 1. The minimum atomic E-state index is 0.0789. The normalized spacial score (nSPS) is 16.4. The van der Waals surface area contributed by atoms with E-state index in [1.807, 2.05) is 24.3 Å². The van der Waals surface area contributed by atoms with E-state index in [-0.39, 0.29) is 12.0 Å². The van der Waals surface area contributed by atoms with E-state index in [0.717, 1.165) is 11.4 Å². The van der Waals surface area contributed by atoms with E-state index in [0.29, 0.717) is 18.4 Å². The van der Waals surface area contributed by atoms with Gasteiger partial charge in [0.25, 0.3) is 0 Å². The van der Waals surface area contributed by atoms with E-state index in [1.54, 1.807) is 0 Å². The summed E-state index contributed by atoms with van der Waals surface area (Å²) in [5, 5.41) is 0. The van der Waals surface area contributed by atoms with Gasteiger partial charge in [-0.15, -0.1) is 0 Å². The van der Waals surface area contributed by atoms with Crippen molar-refractivity contribution in [2.45, 2.75) is 25.8 Å². The third-order valence-electron chi connectivity index (χ3n) is 4.99. The molecule has 2 aromatic carbocycles. The number of ether oxygens (including phenoxy) is 1. The van der Waals surface area contributed by atoms with Crippen LogP contribution >= 0.6 is 0 Å². The second kappa shape index (κ2) is 7.75. The molecule has 0 saturated carbocycles. The Morgan fingerprint density at radius 2 is 1.44 bits per heavy atom. The maximum Gasteiger partial charge on any atom is 0.235 e. The Labute approximate surface area is 160 Å². The highest BCUT2D eigenvalue weighted by atomic mass is 16.5. The van der Waals surface area contributed by atoms with Crippen LogP contribution in [0.4, 0.5) is 0 Å². The third-order valence-corrected chi connectivity index (χ3v) is 4.99. The van der Waals surface area contributed by atoms with Crippen LogP contribution in [-0.2, 0) is 4.74 Å². The number of hydrogen-bond acceptors (Lipinski definition) is 3. The molecule has 4 rings (SSSR count). The van der Waals surface area contributed by atoms with Crippen LogP contribution in [0.25, 0.3) is 0 Å². The molecular weight excluding hydrogens is 332 g/mol. The van der Waals surface area contributed by atoms with E-state index in [9.17, 15) is 0 Å². The van der Waals surface area contributed by atoms with Crippen LogP contribution in [0.15, 0.2) is 83.9 Å². The number of aliphatic imine (C=N–C) groups is 1. The molecule has 1 aliphatic rings. The molecule has 0 N–H and O–H groups in total. The van der Waals surface area contributed by atoms with Gasteiger partial charge in [0.2, 0.25) is 5.90 Å². The summed E-state index contributed by atoms with van der Waals surface area (Å²) < 4.78 is 5.85. The minimum absolute atomic E-state index is 0.0789. The van der Waals surface area contributed by atoms with Crippen molar-refractivity contribution in [2.75, 3.05) is 6.61 Å². The molecule has 3 aromatic rings. The Morgan fingerprint density at radius 3 is 2.00 bits per heavy atom. The molecule has 0 amide bonds. The van der Waals surface area contributed by atoms with Crippen molar-refractivity contribution >= 4 is 5.90 Å². The number of aromatic nitrogens is 1. The van der Waals surface area contributed by atoms with Crippen molar-refractivity contribution in [1.29, 1.82) is 0 Å². The average Bonchev–Trinajstić information content (AvgIpc) is 3.21. The second-order valence-corrected chi connectivity index (χ2v) is 7.26. The summed E-state index contributed by atoms with van der Waals surface area (Å²) in [7, 11) is 0. The van der Waals surface area contributed by atoms with Crippen molar-refractivity contribution in [1.82, 2.24) is 4.98 Å². The largest absolute Gasteiger partial charge is 0.474 e. The fourth-order valence-corrected chi connectivity index (χ4v) is 3.43. The first-order chi connectivity index (χ1) is 13.2. The molecule has 136 valence electrons. The van der Waals surface area contributed by atoms with Gasteiger partial charge in [0.05, 0.1) is 17.7 Å². The van der Waals surface area contributed by atoms with Gasteiger partial charge in [-0.1, -0.05) is 80.6 Å². The lowest BCUT2D eigenvalue weighted by Crippen LogP contribution is -2.13. The zero-order valence-electron chi connectivity index (χ0n) is 15.7. The highest BCUT2D eigenvalue weighted by molar-refractivity contribution is 5.93. The Balaban J connectivity index is 1.75. The molecule has 3 heteroatoms. The van der Waals surface area contributed by atoms with Gasteiger partial charge in [-0.3, -0.25) is 0 Å². The van der Waals surface area contributed by atoms with Gasteiger partial charge in [0.1, 0.15) is 12.3 Å². The predicted octanol–water partition coefficient (Wildman–Crippen LogP) is 5.06. The maximum atomic E-state index is 5.85. The summed E-state index contributed by atoms with van der Waals surface area (Å²) >= 11 is 0. The van der Waals surface area contributed by atoms with Crippen LogP contribution in [0.5, 0.6) is 0 Å². The van der Waals surface area contributed by atoms with Crippen molar-refractivity contribution < 1.29 is 4.74 Å². The molecule has 0 aliphatic carbocycles. The molecule has 27 heavy (non-hydrogen) atoms. The summed E-state index contributed by atoms with van der Waals surface area (Å²) in [6, 6.07) is 27.4. The van der Waals surface area contributed by atoms with Crippen molar-refractivity contribution in [3.63, 3.8) is 0 Å². The molecule has 0 fully saturated rings. The number of rotatable bonds is 5. The van der Waals surface area contributed by atoms with Crippen LogP contribution in [0.2, 0.25) is 0 Å². The zero-order valence-corrected chi connectivity index (χ0v) is 15.7. The highest BCUT2D eigenvalue weighted by Crippen LogP contribution is 2.31. The lowest BCUT2D eigenvalue weighted by atomic mass is 9.88. The smallest absolute Gasteiger partial charge is 0.235 e. The second-order valence-electron chi connectivity index (χ2n) is 7.26. The highest BCUT2D eigenvalue weighted by Gasteiger charge is 2.25. The fourth-order valence-electron chi connectivity index (χ4n) is 3.43. The molecule has 3 nitrogen and oxygen atoms in total. The predicted molar refractivity (Wildman–Crippen MR) is 109 cm³/mol. The molecule has 0 bridgehead atoms. The molecule has 1 aromatic heterocycles. The number of benzene rings is 2. The molecular formula is C24H24N2O. The van der Waals surface area contributed by atoms with Gasteiger partial charge >= 0.3 is 0 Å². The molecule has 0 spiro atoms. The first-order valence-corrected chi connectivity index (χ1v) is 9.50. The lowest BCUT2D eigenvalue weighted by molar-refractivity contribution is 0.291. The van der Waals surface area contributed by atoms with Gasteiger partial charge in [-0.25, -0.2) is 9.98 Å². The van der Waals surface area contributed by atoms with E-state index in [4.69, 9.17) is 14.7 Å². The quantitative estimate of drug-likeness (QED) is 0.640.